The zero-order valence-electron chi connectivity index (χ0n) is 30.1. The van der Waals surface area contributed by atoms with Crippen LogP contribution < -0.4 is 0 Å². The van der Waals surface area contributed by atoms with Gasteiger partial charge >= 0.3 is 0 Å². The van der Waals surface area contributed by atoms with Crippen LogP contribution in [0.5, 0.6) is 0 Å². The Kier molecular flexibility index (Phi) is 7.64. The van der Waals surface area contributed by atoms with Gasteiger partial charge in [0.25, 0.3) is 0 Å². The van der Waals surface area contributed by atoms with E-state index in [4.69, 9.17) is 19.4 Å². The van der Waals surface area contributed by atoms with E-state index in [2.05, 4.69) is 127 Å². The molecule has 0 fully saturated rings. The van der Waals surface area contributed by atoms with Gasteiger partial charge in [-0.3, -0.25) is 0 Å². The van der Waals surface area contributed by atoms with E-state index in [1.54, 1.807) is 0 Å². The molecule has 0 spiro atoms. The normalized spacial score (nSPS) is 11.6. The van der Waals surface area contributed by atoms with Crippen LogP contribution in [0.2, 0.25) is 0 Å². The molecule has 0 aliphatic rings. The van der Waals surface area contributed by atoms with Crippen LogP contribution in [0, 0.1) is 0 Å². The second-order valence-corrected chi connectivity index (χ2v) is 15.0. The number of benzene rings is 8. The van der Waals surface area contributed by atoms with Gasteiger partial charge in [-0.05, 0) is 63.7 Å². The van der Waals surface area contributed by atoms with Crippen molar-refractivity contribution in [1.82, 2.24) is 15.0 Å². The highest BCUT2D eigenvalue weighted by Gasteiger charge is 2.19. The van der Waals surface area contributed by atoms with Gasteiger partial charge in [0.05, 0.1) is 0 Å². The van der Waals surface area contributed by atoms with Crippen LogP contribution in [0.1, 0.15) is 0 Å². The predicted molar refractivity (Wildman–Crippen MR) is 233 cm³/mol. The Bertz CT molecular complexity index is 3180. The number of furan rings is 1. The molecule has 8 aromatic carbocycles. The molecule has 56 heavy (non-hydrogen) atoms. The lowest BCUT2D eigenvalue weighted by molar-refractivity contribution is 0.669. The molecule has 0 unspecified atom stereocenters. The minimum Gasteiger partial charge on any atom is -0.456 e. The minimum absolute atomic E-state index is 0.623. The van der Waals surface area contributed by atoms with Gasteiger partial charge in [-0.2, -0.15) is 0 Å². The second kappa shape index (κ2) is 13.3. The van der Waals surface area contributed by atoms with Gasteiger partial charge < -0.3 is 4.42 Å². The number of hydrogen-bond donors (Lipinski definition) is 0. The van der Waals surface area contributed by atoms with Crippen molar-refractivity contribution >= 4 is 53.4 Å². The largest absolute Gasteiger partial charge is 0.456 e. The fourth-order valence-electron chi connectivity index (χ4n) is 7.91. The third-order valence-electron chi connectivity index (χ3n) is 10.5. The van der Waals surface area contributed by atoms with E-state index in [-0.39, 0.29) is 0 Å². The van der Waals surface area contributed by atoms with Gasteiger partial charge in [0.1, 0.15) is 11.2 Å². The molecule has 0 saturated carbocycles. The summed E-state index contributed by atoms with van der Waals surface area (Å²) in [5.41, 5.74) is 11.5. The molecule has 5 heteroatoms. The van der Waals surface area contributed by atoms with E-state index in [1.165, 1.54) is 36.9 Å². The molecule has 0 bridgehead atoms. The molecule has 0 atom stereocenters. The Morgan fingerprint density at radius 2 is 0.893 bits per heavy atom. The Labute approximate surface area is 327 Å². The molecule has 3 heterocycles. The Hall–Kier alpha value is -7.21. The SMILES string of the molecule is c1ccc(-c2nc(-c3ccccc3)nc(-c3cccc(-c4cccc5oc6ccc(-c7ccc(-c8ccccc8)c8c7sc7ccccc78)cc6c45)c3)n2)cc1. The Balaban J connectivity index is 1.07. The van der Waals surface area contributed by atoms with Crippen LogP contribution in [0.4, 0.5) is 0 Å². The minimum atomic E-state index is 0.623. The number of rotatable bonds is 6. The number of nitrogens with zero attached hydrogens (tertiary/aromatic N) is 3. The molecule has 0 aliphatic heterocycles. The van der Waals surface area contributed by atoms with Gasteiger partial charge in [-0.1, -0.05) is 158 Å². The first kappa shape index (κ1) is 32.2. The summed E-state index contributed by atoms with van der Waals surface area (Å²) in [7, 11) is 0. The molecule has 11 rings (SSSR count). The number of aromatic nitrogens is 3. The van der Waals surface area contributed by atoms with Crippen molar-refractivity contribution in [3.05, 3.63) is 188 Å². The lowest BCUT2D eigenvalue weighted by Gasteiger charge is -2.11. The molecule has 4 nitrogen and oxygen atoms in total. The van der Waals surface area contributed by atoms with Crippen LogP contribution in [-0.4, -0.2) is 15.0 Å². The van der Waals surface area contributed by atoms with Crippen LogP contribution >= 0.6 is 11.3 Å². The van der Waals surface area contributed by atoms with E-state index in [1.807, 2.05) is 72.0 Å². The van der Waals surface area contributed by atoms with Crippen molar-refractivity contribution in [2.75, 3.05) is 0 Å². The monoisotopic (exact) mass is 733 g/mol. The van der Waals surface area contributed by atoms with E-state index in [9.17, 15) is 0 Å². The van der Waals surface area contributed by atoms with Gasteiger partial charge in [-0.25, -0.2) is 15.0 Å². The summed E-state index contributed by atoms with van der Waals surface area (Å²) in [6, 6.07) is 65.6. The zero-order chi connectivity index (χ0) is 37.0. The first-order valence-electron chi connectivity index (χ1n) is 18.7. The van der Waals surface area contributed by atoms with Crippen LogP contribution in [0.25, 0.3) is 110 Å². The molecule has 0 aliphatic carbocycles. The molecule has 0 radical (unpaired) electrons. The molecule has 262 valence electrons. The molecular weight excluding hydrogens is 703 g/mol. The summed E-state index contributed by atoms with van der Waals surface area (Å²) < 4.78 is 9.10. The zero-order valence-corrected chi connectivity index (χ0v) is 30.9. The van der Waals surface area contributed by atoms with Crippen LogP contribution in [0.3, 0.4) is 0 Å². The smallest absolute Gasteiger partial charge is 0.164 e. The number of hydrogen-bond acceptors (Lipinski definition) is 5. The summed E-state index contributed by atoms with van der Waals surface area (Å²) in [4.78, 5) is 14.9. The van der Waals surface area contributed by atoms with Gasteiger partial charge in [0.15, 0.2) is 17.5 Å². The average Bonchev–Trinajstić information content (AvgIpc) is 3.86. The molecule has 0 saturated heterocycles. The molecule has 0 N–H and O–H groups in total. The summed E-state index contributed by atoms with van der Waals surface area (Å²) in [6.45, 7) is 0. The third-order valence-corrected chi connectivity index (χ3v) is 11.8. The average molecular weight is 734 g/mol. The first-order valence-corrected chi connectivity index (χ1v) is 19.5. The summed E-state index contributed by atoms with van der Waals surface area (Å²) in [5, 5.41) is 4.75. The Morgan fingerprint density at radius 3 is 1.62 bits per heavy atom. The van der Waals surface area contributed by atoms with Gasteiger partial charge in [0, 0.05) is 47.6 Å². The maximum Gasteiger partial charge on any atom is 0.164 e. The van der Waals surface area contributed by atoms with E-state index < -0.39 is 0 Å². The van der Waals surface area contributed by atoms with Crippen molar-refractivity contribution in [3.63, 3.8) is 0 Å². The van der Waals surface area contributed by atoms with E-state index >= 15 is 0 Å². The molecule has 11 aromatic rings. The topological polar surface area (TPSA) is 51.8 Å². The molecular formula is C51H31N3OS. The number of fused-ring (bicyclic) bond motifs is 6. The van der Waals surface area contributed by atoms with Crippen molar-refractivity contribution in [3.8, 4) is 67.5 Å². The fraction of sp³-hybridized carbons (Fsp3) is 0. The summed E-state index contributed by atoms with van der Waals surface area (Å²) in [5.74, 6) is 1.90. The van der Waals surface area contributed by atoms with E-state index in [0.717, 1.165) is 55.3 Å². The van der Waals surface area contributed by atoms with Crippen LogP contribution in [-0.2, 0) is 0 Å². The molecule has 0 amide bonds. The molecule has 3 aromatic heterocycles. The quantitative estimate of drug-likeness (QED) is 0.171. The maximum absolute atomic E-state index is 6.53. The third kappa shape index (κ3) is 5.48. The highest BCUT2D eigenvalue weighted by molar-refractivity contribution is 7.26. The maximum atomic E-state index is 6.53. The lowest BCUT2D eigenvalue weighted by Crippen LogP contribution is -2.00. The second-order valence-electron chi connectivity index (χ2n) is 13.9. The van der Waals surface area contributed by atoms with E-state index in [0.29, 0.717) is 17.5 Å². The van der Waals surface area contributed by atoms with Gasteiger partial charge in [-0.15, -0.1) is 11.3 Å². The number of thiophene rings is 1. The fourth-order valence-corrected chi connectivity index (χ4v) is 9.18. The van der Waals surface area contributed by atoms with Crippen molar-refractivity contribution < 1.29 is 4.42 Å². The van der Waals surface area contributed by atoms with Crippen molar-refractivity contribution in [2.45, 2.75) is 0 Å². The highest BCUT2D eigenvalue weighted by Crippen LogP contribution is 2.46. The predicted octanol–water partition coefficient (Wildman–Crippen LogP) is 14.1. The lowest BCUT2D eigenvalue weighted by atomic mass is 9.93. The highest BCUT2D eigenvalue weighted by atomic mass is 32.1. The van der Waals surface area contributed by atoms with Crippen molar-refractivity contribution in [2.24, 2.45) is 0 Å². The summed E-state index contributed by atoms with van der Waals surface area (Å²) in [6.07, 6.45) is 0. The summed E-state index contributed by atoms with van der Waals surface area (Å²) >= 11 is 1.86. The van der Waals surface area contributed by atoms with Gasteiger partial charge in [0.2, 0.25) is 0 Å². The van der Waals surface area contributed by atoms with Crippen molar-refractivity contribution in [1.29, 1.82) is 0 Å². The van der Waals surface area contributed by atoms with Crippen LogP contribution in [0.15, 0.2) is 192 Å². The first-order chi connectivity index (χ1) is 27.7. The Morgan fingerprint density at radius 1 is 0.339 bits per heavy atom. The standard InChI is InChI=1S/C51H31N3OS/c1-4-14-32(15-5-1)39-27-28-40(48-47(39)41-22-10-11-25-45(41)56-48)36-26-29-43-42(31-36)46-38(23-13-24-44(46)55-43)35-20-12-21-37(30-35)51-53-49(33-16-6-2-7-17-33)52-50(54-51)34-18-8-3-9-19-34/h1-31H.